The highest BCUT2D eigenvalue weighted by Crippen LogP contribution is 2.23. The Balaban J connectivity index is 2.16. The van der Waals surface area contributed by atoms with Crippen molar-refractivity contribution in [3.8, 4) is 0 Å². The minimum absolute atomic E-state index is 0.178. The normalized spacial score (nSPS) is 19.4. The maximum atomic E-state index is 13.1. The smallest absolute Gasteiger partial charge is 0.220 e. The van der Waals surface area contributed by atoms with E-state index in [1.54, 1.807) is 6.08 Å². The van der Waals surface area contributed by atoms with Crippen LogP contribution in [-0.2, 0) is 14.3 Å². The molecule has 9 nitrogen and oxygen atoms in total. The fraction of sp³-hybridized carbons (Fsp3) is 0.776. The van der Waals surface area contributed by atoms with Crippen LogP contribution in [0.5, 0.6) is 0 Å². The molecule has 1 rings (SSSR count). The molecule has 1 aliphatic rings. The monoisotopic (exact) mass is 1070 g/mol. The fourth-order valence-corrected chi connectivity index (χ4v) is 9.75. The van der Waals surface area contributed by atoms with Crippen LogP contribution in [0.1, 0.15) is 277 Å². The predicted octanol–water partition coefficient (Wildman–Crippen LogP) is 16.6. The molecule has 0 saturated carbocycles. The second-order valence-corrected chi connectivity index (χ2v) is 21.8. The van der Waals surface area contributed by atoms with Gasteiger partial charge in [-0.1, -0.05) is 285 Å². The predicted molar refractivity (Wildman–Crippen MR) is 322 cm³/mol. The average Bonchev–Trinajstić information content (AvgIpc) is 3.42. The van der Waals surface area contributed by atoms with Crippen LogP contribution in [0, 0.1) is 0 Å². The number of rotatable bonds is 54. The van der Waals surface area contributed by atoms with Gasteiger partial charge in [-0.3, -0.25) is 4.79 Å². The Hall–Kier alpha value is -2.63. The van der Waals surface area contributed by atoms with Crippen molar-refractivity contribution in [2.24, 2.45) is 0 Å². The first-order chi connectivity index (χ1) is 37.3. The molecule has 76 heavy (non-hydrogen) atoms. The minimum Gasteiger partial charge on any atom is -0.394 e. The van der Waals surface area contributed by atoms with Crippen LogP contribution in [0.25, 0.3) is 0 Å². The van der Waals surface area contributed by atoms with Gasteiger partial charge in [-0.2, -0.15) is 0 Å². The number of hydrogen-bond acceptors (Lipinski definition) is 8. The largest absolute Gasteiger partial charge is 0.394 e. The number of ether oxygens (including phenoxy) is 2. The maximum absolute atomic E-state index is 13.1. The number of carbonyl (C=O) groups excluding carboxylic acids is 1. The van der Waals surface area contributed by atoms with E-state index in [-0.39, 0.29) is 12.5 Å². The van der Waals surface area contributed by atoms with Crippen molar-refractivity contribution in [1.29, 1.82) is 0 Å². The van der Waals surface area contributed by atoms with Gasteiger partial charge in [0.25, 0.3) is 0 Å². The molecule has 0 radical (unpaired) electrons. The van der Waals surface area contributed by atoms with Gasteiger partial charge in [0.2, 0.25) is 5.91 Å². The summed E-state index contributed by atoms with van der Waals surface area (Å²) in [6.07, 6.45) is 72.3. The van der Waals surface area contributed by atoms with Gasteiger partial charge in [-0.05, 0) is 70.6 Å². The van der Waals surface area contributed by atoms with Crippen LogP contribution in [0.4, 0.5) is 0 Å². The fourth-order valence-electron chi connectivity index (χ4n) is 9.75. The summed E-state index contributed by atoms with van der Waals surface area (Å²) < 4.78 is 11.3. The lowest BCUT2D eigenvalue weighted by Gasteiger charge is -2.40. The molecular weight excluding hydrogens is 947 g/mol. The van der Waals surface area contributed by atoms with Crippen LogP contribution >= 0.6 is 0 Å². The Morgan fingerprint density at radius 2 is 0.816 bits per heavy atom. The number of amides is 1. The van der Waals surface area contributed by atoms with E-state index < -0.39 is 49.5 Å². The summed E-state index contributed by atoms with van der Waals surface area (Å²) >= 11 is 0. The molecule has 0 aromatic rings. The highest BCUT2D eigenvalue weighted by molar-refractivity contribution is 5.76. The SMILES string of the molecule is CC/C=C\C/C=C\C/C=C\C/C=C\C/C=C\C/C=C\CCCCCCCCCCCCCCCCC(=O)NC(COC1OC(CO)C(O)C(O)C1O)C(O)/C=C/CCCCCCCCCCCCCCCCCCCC. The number of unbranched alkanes of at least 4 members (excludes halogenated alkanes) is 32. The molecule has 0 spiro atoms. The third-order valence-corrected chi connectivity index (χ3v) is 14.7. The quantitative estimate of drug-likeness (QED) is 0.0261. The summed E-state index contributed by atoms with van der Waals surface area (Å²) in [4.78, 5) is 13.1. The second-order valence-electron chi connectivity index (χ2n) is 21.8. The van der Waals surface area contributed by atoms with Gasteiger partial charge >= 0.3 is 0 Å². The zero-order valence-corrected chi connectivity index (χ0v) is 49.0. The summed E-state index contributed by atoms with van der Waals surface area (Å²) in [6, 6.07) is -0.810. The van der Waals surface area contributed by atoms with Crippen molar-refractivity contribution in [1.82, 2.24) is 5.32 Å². The van der Waals surface area contributed by atoms with Gasteiger partial charge in [-0.25, -0.2) is 0 Å². The molecule has 0 aliphatic carbocycles. The topological polar surface area (TPSA) is 149 Å². The highest BCUT2D eigenvalue weighted by Gasteiger charge is 2.44. The van der Waals surface area contributed by atoms with Gasteiger partial charge < -0.3 is 40.3 Å². The lowest BCUT2D eigenvalue weighted by Crippen LogP contribution is -2.60. The molecule has 6 N–H and O–H groups in total. The van der Waals surface area contributed by atoms with Gasteiger partial charge in [0.15, 0.2) is 6.29 Å². The number of aliphatic hydroxyl groups is 5. The van der Waals surface area contributed by atoms with Crippen molar-refractivity contribution < 1.29 is 39.8 Å². The Kier molecular flexibility index (Phi) is 52.3. The molecular formula is C67H119NO8. The van der Waals surface area contributed by atoms with E-state index in [4.69, 9.17) is 9.47 Å². The van der Waals surface area contributed by atoms with E-state index in [0.717, 1.165) is 77.0 Å². The van der Waals surface area contributed by atoms with E-state index in [1.807, 2.05) is 6.08 Å². The van der Waals surface area contributed by atoms with Gasteiger partial charge in [-0.15, -0.1) is 0 Å². The summed E-state index contributed by atoms with van der Waals surface area (Å²) in [7, 11) is 0. The van der Waals surface area contributed by atoms with Gasteiger partial charge in [0, 0.05) is 6.42 Å². The van der Waals surface area contributed by atoms with E-state index in [1.165, 1.54) is 180 Å². The van der Waals surface area contributed by atoms with Crippen molar-refractivity contribution in [2.45, 2.75) is 320 Å². The molecule has 1 fully saturated rings. The van der Waals surface area contributed by atoms with Crippen LogP contribution in [-0.4, -0.2) is 87.5 Å². The first-order valence-electron chi connectivity index (χ1n) is 31.8. The van der Waals surface area contributed by atoms with Crippen molar-refractivity contribution in [3.63, 3.8) is 0 Å². The first kappa shape index (κ1) is 71.4. The molecule has 0 aromatic carbocycles. The lowest BCUT2D eigenvalue weighted by molar-refractivity contribution is -0.302. The van der Waals surface area contributed by atoms with Gasteiger partial charge in [0.1, 0.15) is 24.4 Å². The van der Waals surface area contributed by atoms with E-state index in [0.29, 0.717) is 6.42 Å². The summed E-state index contributed by atoms with van der Waals surface area (Å²) in [5.74, 6) is -0.178. The number of aliphatic hydroxyl groups excluding tert-OH is 5. The first-order valence-corrected chi connectivity index (χ1v) is 31.8. The summed E-state index contributed by atoms with van der Waals surface area (Å²) in [5, 5.41) is 54.6. The molecule has 1 aliphatic heterocycles. The molecule has 7 atom stereocenters. The van der Waals surface area contributed by atoms with Crippen LogP contribution in [0.3, 0.4) is 0 Å². The number of nitrogens with one attached hydrogen (secondary N) is 1. The van der Waals surface area contributed by atoms with Gasteiger partial charge in [0.05, 0.1) is 25.4 Å². The van der Waals surface area contributed by atoms with Crippen LogP contribution in [0.2, 0.25) is 0 Å². The van der Waals surface area contributed by atoms with Crippen LogP contribution < -0.4 is 5.32 Å². The number of hydrogen-bond donors (Lipinski definition) is 6. The zero-order valence-electron chi connectivity index (χ0n) is 49.0. The lowest BCUT2D eigenvalue weighted by atomic mass is 9.99. The summed E-state index contributed by atoms with van der Waals surface area (Å²) in [6.45, 7) is 3.69. The summed E-state index contributed by atoms with van der Waals surface area (Å²) in [5.41, 5.74) is 0. The van der Waals surface area contributed by atoms with E-state index >= 15 is 0 Å². The molecule has 1 saturated heterocycles. The Morgan fingerprint density at radius 1 is 0.461 bits per heavy atom. The minimum atomic E-state index is -1.57. The Labute approximate surface area is 467 Å². The number of carbonyl (C=O) groups is 1. The molecule has 1 heterocycles. The second kappa shape index (κ2) is 55.7. The van der Waals surface area contributed by atoms with E-state index in [2.05, 4.69) is 92.1 Å². The maximum Gasteiger partial charge on any atom is 0.220 e. The molecule has 7 unspecified atom stereocenters. The third-order valence-electron chi connectivity index (χ3n) is 14.7. The Morgan fingerprint density at radius 3 is 1.21 bits per heavy atom. The third kappa shape index (κ3) is 44.2. The molecule has 9 heteroatoms. The molecule has 0 bridgehead atoms. The molecule has 440 valence electrons. The molecule has 0 aromatic heterocycles. The standard InChI is InChI=1S/C67H119NO8/c1-3-5-7-9-11-13-15-17-19-21-23-25-26-27-28-29-30-31-32-33-34-35-36-37-39-41-43-45-47-49-51-53-55-57-63(71)68-60(59-75-67-66(74)65(73)64(72)62(58-69)76-67)61(70)56-54-52-50-48-46-44-42-40-38-24-22-20-18-16-14-12-10-8-6-4-2/h5,7,11,13,17,19,23,25,27-28,30-31,54,56,60-62,64-67,69-70,72-74H,3-4,6,8-10,12,14-16,18,20-22,24,26,29,32-53,55,57-59H2,1-2H3,(H,68,71)/b7-5-,13-11-,19-17-,25-23-,28-27-,31-30-,56-54+. The van der Waals surface area contributed by atoms with Crippen LogP contribution in [0.15, 0.2) is 85.1 Å². The molecule has 1 amide bonds. The van der Waals surface area contributed by atoms with Crippen molar-refractivity contribution in [3.05, 3.63) is 85.1 Å². The van der Waals surface area contributed by atoms with Crippen molar-refractivity contribution in [2.75, 3.05) is 13.2 Å². The Bertz CT molecular complexity index is 1470. The highest BCUT2D eigenvalue weighted by atomic mass is 16.7. The van der Waals surface area contributed by atoms with Crippen molar-refractivity contribution >= 4 is 5.91 Å². The number of allylic oxidation sites excluding steroid dienone is 13. The van der Waals surface area contributed by atoms with E-state index in [9.17, 15) is 30.3 Å². The average molecular weight is 1070 g/mol. The zero-order chi connectivity index (χ0) is 55.0.